The number of fused-ring (bicyclic) bond motifs is 1. The highest BCUT2D eigenvalue weighted by Crippen LogP contribution is 2.41. The zero-order valence-corrected chi connectivity index (χ0v) is 13.4. The molecule has 1 aliphatic carbocycles. The largest absolute Gasteiger partial charge is 0.324 e. The second-order valence-electron chi connectivity index (χ2n) is 6.42. The van der Waals surface area contributed by atoms with Crippen LogP contribution < -0.4 is 0 Å². The second-order valence-corrected chi connectivity index (χ2v) is 6.69. The number of hydrogen-bond donors (Lipinski definition) is 0. The van der Waals surface area contributed by atoms with Gasteiger partial charge in [-0.1, -0.05) is 26.7 Å². The molecule has 0 saturated heterocycles. The van der Waals surface area contributed by atoms with Gasteiger partial charge in [0.25, 0.3) is 0 Å². The van der Waals surface area contributed by atoms with Crippen molar-refractivity contribution in [2.24, 2.45) is 11.8 Å². The first kappa shape index (κ1) is 14.8. The molecule has 0 aliphatic heterocycles. The lowest BCUT2D eigenvalue weighted by atomic mass is 9.77. The van der Waals surface area contributed by atoms with Crippen molar-refractivity contribution in [3.63, 3.8) is 0 Å². The second kappa shape index (κ2) is 5.96. The van der Waals surface area contributed by atoms with E-state index >= 15 is 0 Å². The molecule has 0 N–H and O–H groups in total. The molecule has 114 valence electrons. The molecule has 0 amide bonds. The molecule has 0 spiro atoms. The van der Waals surface area contributed by atoms with Crippen molar-refractivity contribution in [2.45, 2.75) is 51.5 Å². The summed E-state index contributed by atoms with van der Waals surface area (Å²) in [6, 6.07) is 5.31. The molecule has 1 saturated carbocycles. The Kier molecular flexibility index (Phi) is 4.21. The smallest absolute Gasteiger partial charge is 0.125 e. The molecule has 21 heavy (non-hydrogen) atoms. The molecular weight excluding hydrogens is 287 g/mol. The van der Waals surface area contributed by atoms with E-state index < -0.39 is 0 Å². The van der Waals surface area contributed by atoms with E-state index in [9.17, 15) is 4.39 Å². The Morgan fingerprint density at radius 3 is 2.81 bits per heavy atom. The molecule has 1 fully saturated rings. The molecular formula is C17H22ClFN2. The summed E-state index contributed by atoms with van der Waals surface area (Å²) in [6.45, 7) is 4.59. The van der Waals surface area contributed by atoms with Crippen LogP contribution in [0, 0.1) is 17.7 Å². The molecule has 2 nitrogen and oxygen atoms in total. The van der Waals surface area contributed by atoms with Crippen molar-refractivity contribution < 1.29 is 4.39 Å². The van der Waals surface area contributed by atoms with Gasteiger partial charge in [-0.3, -0.25) is 0 Å². The number of halogens is 2. The maximum absolute atomic E-state index is 13.4. The third-order valence-electron chi connectivity index (χ3n) is 4.81. The lowest BCUT2D eigenvalue weighted by molar-refractivity contribution is 0.185. The average Bonchev–Trinajstić information content (AvgIpc) is 2.84. The summed E-state index contributed by atoms with van der Waals surface area (Å²) < 4.78 is 15.7. The Bertz CT molecular complexity index is 635. The van der Waals surface area contributed by atoms with Crippen molar-refractivity contribution >= 4 is 22.6 Å². The van der Waals surface area contributed by atoms with E-state index in [0.29, 0.717) is 23.8 Å². The lowest BCUT2D eigenvalue weighted by Crippen LogP contribution is -2.28. The van der Waals surface area contributed by atoms with Crippen molar-refractivity contribution in [3.8, 4) is 0 Å². The highest BCUT2D eigenvalue weighted by atomic mass is 35.5. The molecule has 0 radical (unpaired) electrons. The molecule has 3 rings (SSSR count). The van der Waals surface area contributed by atoms with Crippen LogP contribution in [0.4, 0.5) is 4.39 Å². The molecule has 2 aromatic rings. The van der Waals surface area contributed by atoms with Crippen LogP contribution in [0.2, 0.25) is 0 Å². The first-order chi connectivity index (χ1) is 10.1. The number of rotatable bonds is 3. The number of hydrogen-bond acceptors (Lipinski definition) is 1. The normalized spacial score (nSPS) is 23.1. The van der Waals surface area contributed by atoms with E-state index in [-0.39, 0.29) is 5.82 Å². The number of alkyl halides is 1. The zero-order valence-electron chi connectivity index (χ0n) is 12.6. The third-order valence-corrected chi connectivity index (χ3v) is 5.05. The molecule has 2 atom stereocenters. The molecule has 2 unspecified atom stereocenters. The van der Waals surface area contributed by atoms with Gasteiger partial charge in [-0.25, -0.2) is 9.37 Å². The van der Waals surface area contributed by atoms with Gasteiger partial charge in [0.2, 0.25) is 0 Å². The SMILES string of the molecule is CC(C)C1CCCCC1n1c(CCl)nc2cc(F)ccc21. The van der Waals surface area contributed by atoms with Crippen molar-refractivity contribution in [1.29, 1.82) is 0 Å². The summed E-state index contributed by atoms with van der Waals surface area (Å²) >= 11 is 6.11. The summed E-state index contributed by atoms with van der Waals surface area (Å²) in [5.41, 5.74) is 1.74. The Labute approximate surface area is 130 Å². The van der Waals surface area contributed by atoms with Crippen LogP contribution in [0.3, 0.4) is 0 Å². The summed E-state index contributed by atoms with van der Waals surface area (Å²) in [5.74, 6) is 2.28. The van der Waals surface area contributed by atoms with Crippen molar-refractivity contribution in [1.82, 2.24) is 9.55 Å². The molecule has 0 bridgehead atoms. The molecule has 1 aromatic heterocycles. The van der Waals surface area contributed by atoms with Crippen LogP contribution in [0.1, 0.15) is 51.4 Å². The van der Waals surface area contributed by atoms with Crippen molar-refractivity contribution in [2.75, 3.05) is 0 Å². The first-order valence-electron chi connectivity index (χ1n) is 7.84. The predicted molar refractivity (Wildman–Crippen MR) is 85.1 cm³/mol. The standard InChI is InChI=1S/C17H22ClFN2/c1-11(2)13-5-3-4-6-15(13)21-16-8-7-12(19)9-14(16)20-17(21)10-18/h7-9,11,13,15H,3-6,10H2,1-2H3. The van der Waals surface area contributed by atoms with Gasteiger partial charge in [0, 0.05) is 12.1 Å². The van der Waals surface area contributed by atoms with Crippen LogP contribution >= 0.6 is 11.6 Å². The highest BCUT2D eigenvalue weighted by Gasteiger charge is 2.31. The Hall–Kier alpha value is -1.09. The summed E-state index contributed by atoms with van der Waals surface area (Å²) in [4.78, 5) is 4.55. The van der Waals surface area contributed by atoms with Crippen LogP contribution in [0.25, 0.3) is 11.0 Å². The monoisotopic (exact) mass is 308 g/mol. The summed E-state index contributed by atoms with van der Waals surface area (Å²) in [5, 5.41) is 0. The third kappa shape index (κ3) is 2.68. The fourth-order valence-electron chi connectivity index (χ4n) is 3.82. The van der Waals surface area contributed by atoms with E-state index in [1.165, 1.54) is 31.4 Å². The van der Waals surface area contributed by atoms with Crippen LogP contribution in [-0.4, -0.2) is 9.55 Å². The highest BCUT2D eigenvalue weighted by molar-refractivity contribution is 6.16. The maximum Gasteiger partial charge on any atom is 0.125 e. The molecule has 1 heterocycles. The Morgan fingerprint density at radius 1 is 1.33 bits per heavy atom. The number of imidazole rings is 1. The van der Waals surface area contributed by atoms with Gasteiger partial charge in [0.15, 0.2) is 0 Å². The number of aromatic nitrogens is 2. The van der Waals surface area contributed by atoms with E-state index in [1.54, 1.807) is 0 Å². The Morgan fingerprint density at radius 2 is 2.10 bits per heavy atom. The van der Waals surface area contributed by atoms with Gasteiger partial charge in [0.05, 0.1) is 16.9 Å². The van der Waals surface area contributed by atoms with Gasteiger partial charge in [-0.2, -0.15) is 0 Å². The van der Waals surface area contributed by atoms with E-state index in [1.807, 2.05) is 6.07 Å². The van der Waals surface area contributed by atoms with Gasteiger partial charge < -0.3 is 4.57 Å². The minimum Gasteiger partial charge on any atom is -0.324 e. The summed E-state index contributed by atoms with van der Waals surface area (Å²) in [6.07, 6.45) is 4.97. The minimum absolute atomic E-state index is 0.239. The van der Waals surface area contributed by atoms with Gasteiger partial charge in [0.1, 0.15) is 11.6 Å². The topological polar surface area (TPSA) is 17.8 Å². The first-order valence-corrected chi connectivity index (χ1v) is 8.37. The molecule has 1 aliphatic rings. The van der Waals surface area contributed by atoms with E-state index in [0.717, 1.165) is 23.3 Å². The van der Waals surface area contributed by atoms with Gasteiger partial charge >= 0.3 is 0 Å². The molecule has 1 aromatic carbocycles. The fourth-order valence-corrected chi connectivity index (χ4v) is 4.01. The van der Waals surface area contributed by atoms with Crippen LogP contribution in [0.5, 0.6) is 0 Å². The Balaban J connectivity index is 2.13. The van der Waals surface area contributed by atoms with Gasteiger partial charge in [-0.15, -0.1) is 11.6 Å². The zero-order chi connectivity index (χ0) is 15.0. The predicted octanol–water partition coefficient (Wildman–Crippen LogP) is 5.30. The lowest BCUT2D eigenvalue weighted by Gasteiger charge is -2.36. The quantitative estimate of drug-likeness (QED) is 0.703. The van der Waals surface area contributed by atoms with Gasteiger partial charge in [-0.05, 0) is 36.8 Å². The van der Waals surface area contributed by atoms with E-state index in [2.05, 4.69) is 23.4 Å². The van der Waals surface area contributed by atoms with Crippen LogP contribution in [-0.2, 0) is 5.88 Å². The summed E-state index contributed by atoms with van der Waals surface area (Å²) in [7, 11) is 0. The minimum atomic E-state index is -0.239. The van der Waals surface area contributed by atoms with Crippen molar-refractivity contribution in [3.05, 3.63) is 29.8 Å². The number of benzene rings is 1. The van der Waals surface area contributed by atoms with E-state index in [4.69, 9.17) is 11.6 Å². The number of nitrogens with zero attached hydrogens (tertiary/aromatic N) is 2. The average molecular weight is 309 g/mol. The molecule has 4 heteroatoms. The maximum atomic E-state index is 13.4. The fraction of sp³-hybridized carbons (Fsp3) is 0.588. The van der Waals surface area contributed by atoms with Crippen LogP contribution in [0.15, 0.2) is 18.2 Å².